The van der Waals surface area contributed by atoms with E-state index >= 15 is 0 Å². The second-order valence-electron chi connectivity index (χ2n) is 5.65. The van der Waals surface area contributed by atoms with Gasteiger partial charge in [0.25, 0.3) is 0 Å². The monoisotopic (exact) mass is 315 g/mol. The lowest BCUT2D eigenvalue weighted by Crippen LogP contribution is -2.34. The minimum absolute atomic E-state index is 0.300. The molecule has 1 N–H and O–H groups in total. The Morgan fingerprint density at radius 2 is 2.00 bits per heavy atom. The minimum atomic E-state index is -0.547. The van der Waals surface area contributed by atoms with Crippen LogP contribution in [0.3, 0.4) is 0 Å². The summed E-state index contributed by atoms with van der Waals surface area (Å²) in [5, 5.41) is 10.2. The molecule has 1 aromatic carbocycles. The maximum atomic E-state index is 10.2. The highest BCUT2D eigenvalue weighted by Gasteiger charge is 2.14. The van der Waals surface area contributed by atoms with E-state index < -0.39 is 6.10 Å². The van der Waals surface area contributed by atoms with Crippen LogP contribution in [0, 0.1) is 6.92 Å². The number of ether oxygens (including phenoxy) is 1. The van der Waals surface area contributed by atoms with Crippen molar-refractivity contribution in [2.45, 2.75) is 26.1 Å². The largest absolute Gasteiger partial charge is 0.465 e. The maximum Gasteiger partial charge on any atom is 0.118 e. The van der Waals surface area contributed by atoms with Crippen molar-refractivity contribution in [1.29, 1.82) is 0 Å². The van der Waals surface area contributed by atoms with E-state index in [1.54, 1.807) is 6.08 Å². The molecule has 0 unspecified atom stereocenters. The molecule has 0 saturated heterocycles. The maximum absolute atomic E-state index is 10.2. The van der Waals surface area contributed by atoms with Crippen LogP contribution in [0.1, 0.15) is 17.1 Å². The first-order valence-electron chi connectivity index (χ1n) is 7.85. The van der Waals surface area contributed by atoms with Gasteiger partial charge < -0.3 is 14.3 Å². The van der Waals surface area contributed by atoms with Crippen molar-refractivity contribution in [2.75, 3.05) is 19.8 Å². The summed E-state index contributed by atoms with van der Waals surface area (Å²) in [6, 6.07) is 14.2. The number of aryl methyl sites for hydroxylation is 1. The van der Waals surface area contributed by atoms with Crippen LogP contribution in [0.15, 0.2) is 59.5 Å². The van der Waals surface area contributed by atoms with Crippen LogP contribution in [0.25, 0.3) is 0 Å². The van der Waals surface area contributed by atoms with Gasteiger partial charge in [-0.3, -0.25) is 4.90 Å². The van der Waals surface area contributed by atoms with Crippen LogP contribution in [0.5, 0.6) is 0 Å². The van der Waals surface area contributed by atoms with E-state index in [-0.39, 0.29) is 0 Å². The van der Waals surface area contributed by atoms with Gasteiger partial charge in [0.2, 0.25) is 0 Å². The van der Waals surface area contributed by atoms with Crippen molar-refractivity contribution in [3.63, 3.8) is 0 Å². The molecule has 0 bridgehead atoms. The Labute approximate surface area is 138 Å². The van der Waals surface area contributed by atoms with E-state index in [9.17, 15) is 5.11 Å². The zero-order chi connectivity index (χ0) is 16.5. The van der Waals surface area contributed by atoms with Gasteiger partial charge in [-0.1, -0.05) is 36.4 Å². The number of aliphatic hydroxyl groups is 1. The SMILES string of the molecule is C=CCOC[C@H](O)CN(Cc1ccccc1)Cc1ccc(C)o1. The van der Waals surface area contributed by atoms with Crippen LogP contribution in [0.2, 0.25) is 0 Å². The van der Waals surface area contributed by atoms with Crippen LogP contribution in [-0.4, -0.2) is 35.9 Å². The molecule has 0 amide bonds. The molecule has 0 fully saturated rings. The molecule has 4 nitrogen and oxygen atoms in total. The normalized spacial score (nSPS) is 12.5. The van der Waals surface area contributed by atoms with E-state index in [1.807, 2.05) is 37.3 Å². The quantitative estimate of drug-likeness (QED) is 0.540. The highest BCUT2D eigenvalue weighted by Crippen LogP contribution is 2.13. The summed E-state index contributed by atoms with van der Waals surface area (Å²) in [4.78, 5) is 2.16. The summed E-state index contributed by atoms with van der Waals surface area (Å²) in [7, 11) is 0. The van der Waals surface area contributed by atoms with Crippen LogP contribution >= 0.6 is 0 Å². The molecular weight excluding hydrogens is 290 g/mol. The Balaban J connectivity index is 1.96. The van der Waals surface area contributed by atoms with Crippen molar-refractivity contribution in [3.8, 4) is 0 Å². The molecule has 2 rings (SSSR count). The summed E-state index contributed by atoms with van der Waals surface area (Å²) in [5.74, 6) is 1.80. The molecule has 0 aliphatic heterocycles. The van der Waals surface area contributed by atoms with Gasteiger partial charge in [-0.25, -0.2) is 0 Å². The summed E-state index contributed by atoms with van der Waals surface area (Å²) in [5.41, 5.74) is 1.20. The number of aliphatic hydroxyl groups excluding tert-OH is 1. The van der Waals surface area contributed by atoms with Gasteiger partial charge in [0.15, 0.2) is 0 Å². The molecule has 0 saturated carbocycles. The lowest BCUT2D eigenvalue weighted by Gasteiger charge is -2.24. The van der Waals surface area contributed by atoms with Crippen LogP contribution in [-0.2, 0) is 17.8 Å². The Morgan fingerprint density at radius 3 is 2.65 bits per heavy atom. The first kappa shape index (κ1) is 17.5. The molecule has 1 atom stereocenters. The summed E-state index contributed by atoms with van der Waals surface area (Å²) in [6.07, 6.45) is 1.13. The fourth-order valence-electron chi connectivity index (χ4n) is 2.46. The Kier molecular flexibility index (Phi) is 7.07. The Bertz CT molecular complexity index is 579. The lowest BCUT2D eigenvalue weighted by atomic mass is 10.2. The van der Waals surface area contributed by atoms with Gasteiger partial charge in [0, 0.05) is 13.1 Å². The topological polar surface area (TPSA) is 45.8 Å². The van der Waals surface area contributed by atoms with Crippen molar-refractivity contribution in [3.05, 3.63) is 72.2 Å². The highest BCUT2D eigenvalue weighted by molar-refractivity contribution is 5.15. The molecule has 0 aliphatic rings. The smallest absolute Gasteiger partial charge is 0.118 e. The van der Waals surface area contributed by atoms with E-state index in [4.69, 9.17) is 9.15 Å². The molecule has 0 radical (unpaired) electrons. The molecule has 1 aromatic heterocycles. The molecule has 0 aliphatic carbocycles. The Morgan fingerprint density at radius 1 is 1.22 bits per heavy atom. The fraction of sp³-hybridized carbons (Fsp3) is 0.368. The van der Waals surface area contributed by atoms with Crippen molar-refractivity contribution in [2.24, 2.45) is 0 Å². The number of hydrogen-bond donors (Lipinski definition) is 1. The zero-order valence-corrected chi connectivity index (χ0v) is 13.6. The molecule has 124 valence electrons. The van der Waals surface area contributed by atoms with E-state index in [0.29, 0.717) is 26.3 Å². The minimum Gasteiger partial charge on any atom is -0.465 e. The van der Waals surface area contributed by atoms with Crippen LogP contribution < -0.4 is 0 Å². The van der Waals surface area contributed by atoms with Crippen molar-refractivity contribution < 1.29 is 14.3 Å². The molecule has 0 spiro atoms. The van der Waals surface area contributed by atoms with E-state index in [0.717, 1.165) is 18.1 Å². The number of rotatable bonds is 10. The van der Waals surface area contributed by atoms with E-state index in [2.05, 4.69) is 23.6 Å². The third-order valence-corrected chi connectivity index (χ3v) is 3.44. The predicted octanol–water partition coefficient (Wildman–Crippen LogP) is 3.15. The first-order valence-corrected chi connectivity index (χ1v) is 7.85. The summed E-state index contributed by atoms with van der Waals surface area (Å²) < 4.78 is 11.0. The van der Waals surface area contributed by atoms with Gasteiger partial charge in [-0.2, -0.15) is 0 Å². The number of hydrogen-bond acceptors (Lipinski definition) is 4. The highest BCUT2D eigenvalue weighted by atomic mass is 16.5. The zero-order valence-electron chi connectivity index (χ0n) is 13.6. The third kappa shape index (κ3) is 6.40. The van der Waals surface area contributed by atoms with Gasteiger partial charge in [0.1, 0.15) is 11.5 Å². The second kappa shape index (κ2) is 9.30. The molecule has 4 heteroatoms. The van der Waals surface area contributed by atoms with Gasteiger partial charge >= 0.3 is 0 Å². The van der Waals surface area contributed by atoms with Crippen LogP contribution in [0.4, 0.5) is 0 Å². The van der Waals surface area contributed by atoms with Gasteiger partial charge in [-0.15, -0.1) is 6.58 Å². The standard InChI is InChI=1S/C19H25NO3/c1-3-11-22-15-18(21)13-20(12-17-7-5-4-6-8-17)14-19-10-9-16(2)23-19/h3-10,18,21H,1,11-15H2,2H3/t18-/m1/s1. The molecular formula is C19H25NO3. The average molecular weight is 315 g/mol. The van der Waals surface area contributed by atoms with Crippen molar-refractivity contribution >= 4 is 0 Å². The number of furan rings is 1. The number of benzene rings is 1. The number of nitrogens with zero attached hydrogens (tertiary/aromatic N) is 1. The van der Waals surface area contributed by atoms with Gasteiger partial charge in [-0.05, 0) is 24.6 Å². The van der Waals surface area contributed by atoms with Gasteiger partial charge in [0.05, 0.1) is 25.9 Å². The lowest BCUT2D eigenvalue weighted by molar-refractivity contribution is 0.0215. The van der Waals surface area contributed by atoms with E-state index in [1.165, 1.54) is 5.56 Å². The predicted molar refractivity (Wildman–Crippen MR) is 91.0 cm³/mol. The summed E-state index contributed by atoms with van der Waals surface area (Å²) in [6.45, 7) is 8.21. The van der Waals surface area contributed by atoms with Crippen molar-refractivity contribution in [1.82, 2.24) is 4.90 Å². The fourth-order valence-corrected chi connectivity index (χ4v) is 2.46. The first-order chi connectivity index (χ1) is 11.2. The molecule has 2 aromatic rings. The summed E-state index contributed by atoms with van der Waals surface area (Å²) >= 11 is 0. The molecule has 23 heavy (non-hydrogen) atoms. The Hall–Kier alpha value is -1.88. The third-order valence-electron chi connectivity index (χ3n) is 3.44. The molecule has 1 heterocycles. The average Bonchev–Trinajstić information content (AvgIpc) is 2.93. The second-order valence-corrected chi connectivity index (χ2v) is 5.65.